The molecular weight excluding hydrogens is 193 g/mol. The van der Waals surface area contributed by atoms with Crippen LogP contribution in [0.1, 0.15) is 32.6 Å². The summed E-state index contributed by atoms with van der Waals surface area (Å²) in [4.78, 5) is 2.08. The molecule has 3 atom stereocenters. The van der Waals surface area contributed by atoms with Crippen LogP contribution in [0.15, 0.2) is 0 Å². The summed E-state index contributed by atoms with van der Waals surface area (Å²) < 4.78 is 5.67. The summed E-state index contributed by atoms with van der Waals surface area (Å²) in [5, 5.41) is 0.554. The van der Waals surface area contributed by atoms with Gasteiger partial charge < -0.3 is 9.64 Å². The predicted molar refractivity (Wildman–Crippen MR) is 61.6 cm³/mol. The Kier molecular flexibility index (Phi) is 2.50. The lowest BCUT2D eigenvalue weighted by molar-refractivity contribution is 0.174. The van der Waals surface area contributed by atoms with Gasteiger partial charge in [-0.15, -0.1) is 0 Å². The zero-order chi connectivity index (χ0) is 10.3. The lowest BCUT2D eigenvalue weighted by atomic mass is 9.65. The highest BCUT2D eigenvalue weighted by Gasteiger charge is 2.41. The van der Waals surface area contributed by atoms with Crippen LogP contribution in [0.2, 0.25) is 5.31 Å². The van der Waals surface area contributed by atoms with Crippen LogP contribution < -0.4 is 0 Å². The van der Waals surface area contributed by atoms with Gasteiger partial charge in [0, 0.05) is 7.05 Å². The lowest BCUT2D eigenvalue weighted by Gasteiger charge is -2.25. The van der Waals surface area contributed by atoms with E-state index in [2.05, 4.69) is 11.8 Å². The van der Waals surface area contributed by atoms with Crippen LogP contribution in [0.3, 0.4) is 0 Å². The first-order valence-corrected chi connectivity index (χ1v) is 5.63. The monoisotopic (exact) mass is 209 g/mol. The van der Waals surface area contributed by atoms with Crippen LogP contribution in [0, 0.1) is 0 Å². The maximum atomic E-state index is 6.18. The molecule has 1 saturated carbocycles. The first kappa shape index (κ1) is 10.3. The second-order valence-corrected chi connectivity index (χ2v) is 5.20. The molecule has 2 radical (unpaired) electrons. The Balaban J connectivity index is 2.14. The third-order valence-corrected chi connectivity index (χ3v) is 3.77. The molecule has 0 bridgehead atoms. The summed E-state index contributed by atoms with van der Waals surface area (Å²) in [7, 11) is 8.20. The van der Waals surface area contributed by atoms with Gasteiger partial charge in [-0.3, -0.25) is 0 Å². The van der Waals surface area contributed by atoms with Gasteiger partial charge in [-0.05, 0) is 25.1 Å². The van der Waals surface area contributed by atoms with Gasteiger partial charge in [-0.2, -0.15) is 0 Å². The van der Waals surface area contributed by atoms with Crippen molar-refractivity contribution in [3.8, 4) is 0 Å². The van der Waals surface area contributed by atoms with E-state index in [1.165, 1.54) is 6.42 Å². The molecule has 1 heterocycles. The van der Waals surface area contributed by atoms with Gasteiger partial charge in [0.1, 0.15) is 6.10 Å². The molecule has 0 aromatic heterocycles. The summed E-state index contributed by atoms with van der Waals surface area (Å²) in [6, 6.07) is 0.452. The number of hydrogen-bond donors (Lipinski definition) is 0. The Morgan fingerprint density at radius 2 is 2.36 bits per heavy atom. The SMILES string of the molecule is [B]C1(C)CCCC2C(C1)OC(=S)N2C. The van der Waals surface area contributed by atoms with Crippen molar-refractivity contribution in [2.75, 3.05) is 7.05 Å². The molecule has 0 aromatic rings. The highest BCUT2D eigenvalue weighted by molar-refractivity contribution is 7.80. The molecule has 76 valence electrons. The van der Waals surface area contributed by atoms with Crippen LogP contribution >= 0.6 is 12.2 Å². The molecular formula is C10H16BNOS. The van der Waals surface area contributed by atoms with Crippen molar-refractivity contribution < 1.29 is 4.74 Å². The second-order valence-electron chi connectivity index (χ2n) is 4.85. The fourth-order valence-electron chi connectivity index (χ4n) is 2.51. The van der Waals surface area contributed by atoms with Gasteiger partial charge in [-0.25, -0.2) is 0 Å². The van der Waals surface area contributed by atoms with E-state index in [0.29, 0.717) is 11.2 Å². The van der Waals surface area contributed by atoms with Crippen LogP contribution in [0.5, 0.6) is 0 Å². The van der Waals surface area contributed by atoms with Crippen molar-refractivity contribution >= 4 is 25.2 Å². The topological polar surface area (TPSA) is 12.5 Å². The Bertz CT molecular complexity index is 257. The summed E-state index contributed by atoms with van der Waals surface area (Å²) in [5.41, 5.74) is 0. The quantitative estimate of drug-likeness (QED) is 0.446. The molecule has 0 aromatic carbocycles. The third-order valence-electron chi connectivity index (χ3n) is 3.38. The van der Waals surface area contributed by atoms with Crippen LogP contribution in [0.4, 0.5) is 0 Å². The van der Waals surface area contributed by atoms with E-state index in [9.17, 15) is 0 Å². The van der Waals surface area contributed by atoms with Crippen LogP contribution in [-0.2, 0) is 4.74 Å². The molecule has 1 aliphatic heterocycles. The van der Waals surface area contributed by atoms with E-state index >= 15 is 0 Å². The zero-order valence-electron chi connectivity index (χ0n) is 8.82. The fourth-order valence-corrected chi connectivity index (χ4v) is 2.77. The Morgan fingerprint density at radius 1 is 1.64 bits per heavy atom. The maximum Gasteiger partial charge on any atom is 0.259 e. The molecule has 2 rings (SSSR count). The number of fused-ring (bicyclic) bond motifs is 1. The maximum absolute atomic E-state index is 6.18. The molecule has 1 aliphatic carbocycles. The molecule has 0 N–H and O–H groups in total. The van der Waals surface area contributed by atoms with Crippen molar-refractivity contribution in [2.24, 2.45) is 0 Å². The van der Waals surface area contributed by atoms with Gasteiger partial charge in [0.15, 0.2) is 0 Å². The number of rotatable bonds is 0. The minimum absolute atomic E-state index is 0.0831. The van der Waals surface area contributed by atoms with E-state index in [0.717, 1.165) is 19.3 Å². The highest BCUT2D eigenvalue weighted by Crippen LogP contribution is 2.42. The van der Waals surface area contributed by atoms with Gasteiger partial charge in [0.05, 0.1) is 13.9 Å². The van der Waals surface area contributed by atoms with Crippen molar-refractivity contribution in [1.82, 2.24) is 4.90 Å². The van der Waals surface area contributed by atoms with Crippen molar-refractivity contribution in [3.05, 3.63) is 0 Å². The van der Waals surface area contributed by atoms with Gasteiger partial charge in [0.2, 0.25) is 0 Å². The smallest absolute Gasteiger partial charge is 0.259 e. The Hall–Kier alpha value is -0.245. The van der Waals surface area contributed by atoms with E-state index in [1.54, 1.807) is 0 Å². The molecule has 2 aliphatic rings. The molecule has 4 heteroatoms. The molecule has 14 heavy (non-hydrogen) atoms. The molecule has 2 nitrogen and oxygen atoms in total. The van der Waals surface area contributed by atoms with Gasteiger partial charge in [-0.1, -0.05) is 25.1 Å². The average Bonchev–Trinajstić information content (AvgIpc) is 2.28. The van der Waals surface area contributed by atoms with E-state index in [-0.39, 0.29) is 11.4 Å². The van der Waals surface area contributed by atoms with Crippen LogP contribution in [0.25, 0.3) is 0 Å². The fraction of sp³-hybridized carbons (Fsp3) is 0.900. The molecule has 3 unspecified atom stereocenters. The van der Waals surface area contributed by atoms with Crippen molar-refractivity contribution in [1.29, 1.82) is 0 Å². The number of ether oxygens (including phenoxy) is 1. The molecule has 0 spiro atoms. The summed E-state index contributed by atoms with van der Waals surface area (Å²) in [6.45, 7) is 2.11. The van der Waals surface area contributed by atoms with Crippen molar-refractivity contribution in [3.63, 3.8) is 0 Å². The first-order chi connectivity index (χ1) is 6.49. The Labute approximate surface area is 92.4 Å². The number of hydrogen-bond acceptors (Lipinski definition) is 2. The minimum Gasteiger partial charge on any atom is -0.465 e. The summed E-state index contributed by atoms with van der Waals surface area (Å²) >= 11 is 5.14. The highest BCUT2D eigenvalue weighted by atomic mass is 32.1. The largest absolute Gasteiger partial charge is 0.465 e. The van der Waals surface area contributed by atoms with E-state index in [4.69, 9.17) is 24.8 Å². The average molecular weight is 209 g/mol. The molecule has 1 saturated heterocycles. The van der Waals surface area contributed by atoms with E-state index in [1.807, 2.05) is 7.05 Å². The number of likely N-dealkylation sites (N-methyl/N-ethyl adjacent to an activating group) is 1. The number of thiocarbonyl (C=S) groups is 1. The summed E-state index contributed by atoms with van der Waals surface area (Å²) in [6.07, 6.45) is 4.54. The Morgan fingerprint density at radius 3 is 3.07 bits per heavy atom. The van der Waals surface area contributed by atoms with Gasteiger partial charge >= 0.3 is 0 Å². The van der Waals surface area contributed by atoms with Crippen molar-refractivity contribution in [2.45, 2.75) is 50.1 Å². The first-order valence-electron chi connectivity index (χ1n) is 5.22. The standard InChI is InChI=1S/C10H16BNOS/c1-10(11)5-3-4-7-8(6-10)13-9(14)12(7)2/h7-8H,3-6H2,1-2H3. The predicted octanol–water partition coefficient (Wildman–Crippen LogP) is 1.89. The normalized spacial score (nSPS) is 43.0. The lowest BCUT2D eigenvalue weighted by Crippen LogP contribution is -2.33. The molecule has 2 fully saturated rings. The minimum atomic E-state index is -0.0831. The summed E-state index contributed by atoms with van der Waals surface area (Å²) in [5.74, 6) is 0. The van der Waals surface area contributed by atoms with E-state index < -0.39 is 0 Å². The number of nitrogens with zero attached hydrogens (tertiary/aromatic N) is 1. The third kappa shape index (κ3) is 1.77. The second kappa shape index (κ2) is 3.40. The molecule has 0 amide bonds. The van der Waals surface area contributed by atoms with Gasteiger partial charge in [0.25, 0.3) is 5.17 Å². The zero-order valence-corrected chi connectivity index (χ0v) is 9.64. The van der Waals surface area contributed by atoms with Crippen LogP contribution in [-0.4, -0.2) is 37.1 Å².